The van der Waals surface area contributed by atoms with Gasteiger partial charge in [0.1, 0.15) is 0 Å². The number of benzene rings is 3. The van der Waals surface area contributed by atoms with E-state index in [9.17, 15) is 10.1 Å². The largest absolute Gasteiger partial charge is 0.372 e. The summed E-state index contributed by atoms with van der Waals surface area (Å²) in [4.78, 5) is 18.2. The fourth-order valence-corrected chi connectivity index (χ4v) is 4.99. The lowest BCUT2D eigenvalue weighted by Crippen LogP contribution is -2.42. The first-order valence-corrected chi connectivity index (χ1v) is 12.5. The molecule has 182 valence electrons. The maximum Gasteiger partial charge on any atom is 0.255 e. The zero-order valence-electron chi connectivity index (χ0n) is 20.2. The van der Waals surface area contributed by atoms with E-state index in [1.807, 2.05) is 74.4 Å². The summed E-state index contributed by atoms with van der Waals surface area (Å²) in [5.74, 6) is -0.0185. The van der Waals surface area contributed by atoms with Crippen molar-refractivity contribution in [3.05, 3.63) is 80.8 Å². The minimum atomic E-state index is -0.173. The molecule has 0 aromatic heterocycles. The molecule has 3 aromatic carbocycles. The minimum absolute atomic E-state index is 0.0524. The standard InChI is InChI=1S/C28H29Cl2N3O2/c1-18-15-33(16-21(10-11-32(2)3)19-8-9-25(29)26(30)13-19)28(34)27-23-7-5-4-6-20(23)12-22(14-31)24(27)17-35-18/h4-9,12-13,18,21H,10-11,15-17H2,1-3H3/t18-,21+/m0/s1. The van der Waals surface area contributed by atoms with Crippen LogP contribution in [-0.4, -0.2) is 55.5 Å². The van der Waals surface area contributed by atoms with Gasteiger partial charge in [0.2, 0.25) is 0 Å². The Hall–Kier alpha value is -2.62. The monoisotopic (exact) mass is 509 g/mol. The predicted octanol–water partition coefficient (Wildman–Crippen LogP) is 6.11. The van der Waals surface area contributed by atoms with Gasteiger partial charge in [-0.2, -0.15) is 5.26 Å². The zero-order valence-corrected chi connectivity index (χ0v) is 21.7. The van der Waals surface area contributed by atoms with Gasteiger partial charge in [0.25, 0.3) is 5.91 Å². The number of carbonyl (C=O) groups is 1. The molecule has 3 aromatic rings. The van der Waals surface area contributed by atoms with Crippen molar-refractivity contribution in [3.8, 4) is 6.07 Å². The second-order valence-electron chi connectivity index (χ2n) is 9.40. The van der Waals surface area contributed by atoms with Crippen molar-refractivity contribution in [2.45, 2.75) is 32.0 Å². The summed E-state index contributed by atoms with van der Waals surface area (Å²) in [6.45, 7) is 4.02. The van der Waals surface area contributed by atoms with E-state index in [1.54, 1.807) is 0 Å². The summed E-state index contributed by atoms with van der Waals surface area (Å²) in [6.07, 6.45) is 0.670. The number of nitriles is 1. The lowest BCUT2D eigenvalue weighted by Gasteiger charge is -2.34. The highest BCUT2D eigenvalue weighted by atomic mass is 35.5. The Morgan fingerprint density at radius 3 is 2.66 bits per heavy atom. The summed E-state index contributed by atoms with van der Waals surface area (Å²) < 4.78 is 6.11. The number of carbonyl (C=O) groups excluding carboxylic acids is 1. The van der Waals surface area contributed by atoms with Crippen LogP contribution in [0.3, 0.4) is 0 Å². The van der Waals surface area contributed by atoms with E-state index in [2.05, 4.69) is 11.0 Å². The van der Waals surface area contributed by atoms with Gasteiger partial charge in [0, 0.05) is 24.6 Å². The molecule has 0 aliphatic carbocycles. The lowest BCUT2D eigenvalue weighted by molar-refractivity contribution is 0.0172. The number of amides is 1. The highest BCUT2D eigenvalue weighted by Gasteiger charge is 2.30. The van der Waals surface area contributed by atoms with Crippen LogP contribution in [0.4, 0.5) is 0 Å². The van der Waals surface area contributed by atoms with Crippen LogP contribution in [0.1, 0.15) is 46.3 Å². The normalized spacial score (nSPS) is 17.1. The molecule has 0 radical (unpaired) electrons. The molecular weight excluding hydrogens is 481 g/mol. The molecule has 0 unspecified atom stereocenters. The molecule has 1 heterocycles. The molecule has 0 bridgehead atoms. The van der Waals surface area contributed by atoms with Crippen LogP contribution in [0.2, 0.25) is 10.0 Å². The quantitative estimate of drug-likeness (QED) is 0.401. The molecule has 0 spiro atoms. The topological polar surface area (TPSA) is 56.6 Å². The molecule has 2 atom stereocenters. The van der Waals surface area contributed by atoms with Crippen molar-refractivity contribution in [2.24, 2.45) is 0 Å². The van der Waals surface area contributed by atoms with Crippen molar-refractivity contribution in [1.29, 1.82) is 5.26 Å². The number of nitrogens with zero attached hydrogens (tertiary/aromatic N) is 3. The fourth-order valence-electron chi connectivity index (χ4n) is 4.68. The molecule has 1 aliphatic heterocycles. The van der Waals surface area contributed by atoms with Crippen molar-refractivity contribution < 1.29 is 9.53 Å². The van der Waals surface area contributed by atoms with Crippen LogP contribution in [0, 0.1) is 11.3 Å². The molecular formula is C28H29Cl2N3O2. The number of hydrogen-bond acceptors (Lipinski definition) is 4. The number of hydrogen-bond donors (Lipinski definition) is 0. The van der Waals surface area contributed by atoms with Crippen molar-refractivity contribution in [3.63, 3.8) is 0 Å². The first-order chi connectivity index (χ1) is 16.8. The van der Waals surface area contributed by atoms with Crippen LogP contribution >= 0.6 is 23.2 Å². The minimum Gasteiger partial charge on any atom is -0.372 e. The van der Waals surface area contributed by atoms with E-state index >= 15 is 0 Å². The Bertz CT molecular complexity index is 1290. The summed E-state index contributed by atoms with van der Waals surface area (Å²) in [6, 6.07) is 17.5. The average molecular weight is 510 g/mol. The van der Waals surface area contributed by atoms with E-state index in [0.717, 1.165) is 29.3 Å². The molecule has 0 fully saturated rings. The maximum absolute atomic E-state index is 14.1. The smallest absolute Gasteiger partial charge is 0.255 e. The van der Waals surface area contributed by atoms with Gasteiger partial charge in [-0.3, -0.25) is 4.79 Å². The first-order valence-electron chi connectivity index (χ1n) is 11.7. The van der Waals surface area contributed by atoms with E-state index in [1.165, 1.54) is 0 Å². The third-order valence-electron chi connectivity index (χ3n) is 6.55. The second-order valence-corrected chi connectivity index (χ2v) is 10.2. The van der Waals surface area contributed by atoms with Gasteiger partial charge in [-0.1, -0.05) is 53.5 Å². The maximum atomic E-state index is 14.1. The molecule has 0 saturated heterocycles. The molecule has 5 nitrogen and oxygen atoms in total. The lowest BCUT2D eigenvalue weighted by atomic mass is 9.91. The average Bonchev–Trinajstić information content (AvgIpc) is 2.84. The summed E-state index contributed by atoms with van der Waals surface area (Å²) in [7, 11) is 4.07. The Labute approximate surface area is 216 Å². The van der Waals surface area contributed by atoms with Crippen molar-refractivity contribution in [2.75, 3.05) is 33.7 Å². The highest BCUT2D eigenvalue weighted by molar-refractivity contribution is 6.42. The van der Waals surface area contributed by atoms with E-state index in [0.29, 0.717) is 39.8 Å². The van der Waals surface area contributed by atoms with Gasteiger partial charge in [-0.05, 0) is 68.5 Å². The van der Waals surface area contributed by atoms with Gasteiger partial charge < -0.3 is 14.5 Å². The third kappa shape index (κ3) is 5.63. The third-order valence-corrected chi connectivity index (χ3v) is 7.29. The fraction of sp³-hybridized carbons (Fsp3) is 0.357. The molecule has 1 aliphatic rings. The van der Waals surface area contributed by atoms with Crippen LogP contribution in [0.25, 0.3) is 10.8 Å². The molecule has 0 N–H and O–H groups in total. The SMILES string of the molecule is C[C@H]1CN(C[C@@H](CCN(C)C)c2ccc(Cl)c(Cl)c2)C(=O)c2c(c(C#N)cc3ccccc23)CO1. The molecule has 4 rings (SSSR count). The Balaban J connectivity index is 1.78. The Morgan fingerprint density at radius 1 is 1.17 bits per heavy atom. The van der Waals surface area contributed by atoms with E-state index < -0.39 is 0 Å². The Morgan fingerprint density at radius 2 is 1.94 bits per heavy atom. The molecule has 35 heavy (non-hydrogen) atoms. The molecule has 1 amide bonds. The molecule has 0 saturated carbocycles. The second kappa shape index (κ2) is 11.0. The zero-order chi connectivity index (χ0) is 25.1. The summed E-state index contributed by atoms with van der Waals surface area (Å²) in [5.41, 5.74) is 2.74. The van der Waals surface area contributed by atoms with Crippen LogP contribution in [0.5, 0.6) is 0 Å². The molecule has 7 heteroatoms. The van der Waals surface area contributed by atoms with Crippen molar-refractivity contribution >= 4 is 39.9 Å². The van der Waals surface area contributed by atoms with Gasteiger partial charge in [0.05, 0.1) is 40.0 Å². The van der Waals surface area contributed by atoms with Crippen LogP contribution < -0.4 is 0 Å². The predicted molar refractivity (Wildman–Crippen MR) is 141 cm³/mol. The van der Waals surface area contributed by atoms with Crippen LogP contribution in [-0.2, 0) is 11.3 Å². The van der Waals surface area contributed by atoms with Crippen LogP contribution in [0.15, 0.2) is 48.5 Å². The first kappa shape index (κ1) is 25.5. The van der Waals surface area contributed by atoms with Crippen molar-refractivity contribution in [1.82, 2.24) is 9.80 Å². The number of ether oxygens (including phenoxy) is 1. The van der Waals surface area contributed by atoms with Gasteiger partial charge in [0.15, 0.2) is 0 Å². The van der Waals surface area contributed by atoms with Gasteiger partial charge in [-0.15, -0.1) is 0 Å². The Kier molecular flexibility index (Phi) is 7.98. The number of rotatable bonds is 6. The van der Waals surface area contributed by atoms with E-state index in [4.69, 9.17) is 27.9 Å². The highest BCUT2D eigenvalue weighted by Crippen LogP contribution is 2.33. The number of fused-ring (bicyclic) bond motifs is 3. The number of halogens is 2. The van der Waals surface area contributed by atoms with Gasteiger partial charge >= 0.3 is 0 Å². The van der Waals surface area contributed by atoms with E-state index in [-0.39, 0.29) is 24.5 Å². The summed E-state index contributed by atoms with van der Waals surface area (Å²) >= 11 is 12.5. The van der Waals surface area contributed by atoms with Gasteiger partial charge in [-0.25, -0.2) is 0 Å². The summed E-state index contributed by atoms with van der Waals surface area (Å²) in [5, 5.41) is 12.6.